The second-order valence-electron chi connectivity index (χ2n) is 5.36. The van der Waals surface area contributed by atoms with Gasteiger partial charge in [-0.2, -0.15) is 0 Å². The number of carboxylic acids is 1. The molecule has 0 aromatic heterocycles. The molecule has 98 valence electrons. The molecule has 1 heterocycles. The molecule has 0 radical (unpaired) electrons. The number of carbonyl (C=O) groups is 3. The number of nitrogens with zero attached hydrogens (tertiary/aromatic N) is 1. The smallest absolute Gasteiger partial charge is 0.311 e. The van der Waals surface area contributed by atoms with Crippen molar-refractivity contribution >= 4 is 17.8 Å². The summed E-state index contributed by atoms with van der Waals surface area (Å²) in [5.74, 6) is -1.19. The molecule has 2 aliphatic rings. The normalized spacial score (nSPS) is 32.1. The largest absolute Gasteiger partial charge is 0.481 e. The summed E-state index contributed by atoms with van der Waals surface area (Å²) in [6.07, 6.45) is 5.11. The van der Waals surface area contributed by atoms with Crippen LogP contribution in [0.3, 0.4) is 0 Å². The summed E-state index contributed by atoms with van der Waals surface area (Å²) < 4.78 is 0. The van der Waals surface area contributed by atoms with E-state index in [-0.39, 0.29) is 6.54 Å². The van der Waals surface area contributed by atoms with E-state index in [1.807, 2.05) is 0 Å². The van der Waals surface area contributed by atoms with Crippen LogP contribution in [-0.2, 0) is 14.4 Å². The van der Waals surface area contributed by atoms with Gasteiger partial charge in [0, 0.05) is 18.7 Å². The minimum absolute atomic E-state index is 0.000278. The lowest BCUT2D eigenvalue weighted by atomic mass is 9.70. The van der Waals surface area contributed by atoms with Crippen LogP contribution in [0.2, 0.25) is 0 Å². The summed E-state index contributed by atoms with van der Waals surface area (Å²) in [5.41, 5.74) is -0.955. The van der Waals surface area contributed by atoms with Crippen molar-refractivity contribution in [1.82, 2.24) is 4.90 Å². The summed E-state index contributed by atoms with van der Waals surface area (Å²) in [6, 6.07) is 0. The van der Waals surface area contributed by atoms with E-state index < -0.39 is 23.2 Å². The fourth-order valence-corrected chi connectivity index (χ4v) is 2.64. The highest BCUT2D eigenvalue weighted by molar-refractivity contribution is 6.13. The maximum absolute atomic E-state index is 11.5. The Hall–Kier alpha value is -1.65. The molecule has 2 amide bonds. The van der Waals surface area contributed by atoms with Crippen LogP contribution in [0.15, 0.2) is 12.2 Å². The predicted molar refractivity (Wildman–Crippen MR) is 63.6 cm³/mol. The number of hydrogen-bond donors (Lipinski definition) is 1. The van der Waals surface area contributed by atoms with Crippen LogP contribution in [-0.4, -0.2) is 34.3 Å². The van der Waals surface area contributed by atoms with Crippen LogP contribution in [0.1, 0.15) is 32.6 Å². The minimum Gasteiger partial charge on any atom is -0.481 e. The van der Waals surface area contributed by atoms with Gasteiger partial charge in [-0.1, -0.05) is 6.92 Å². The Morgan fingerprint density at radius 3 is 2.28 bits per heavy atom. The molecule has 0 saturated heterocycles. The zero-order valence-corrected chi connectivity index (χ0v) is 10.4. The van der Waals surface area contributed by atoms with Crippen LogP contribution in [0.5, 0.6) is 0 Å². The summed E-state index contributed by atoms with van der Waals surface area (Å²) >= 11 is 0. The summed E-state index contributed by atoms with van der Waals surface area (Å²) in [6.45, 7) is 2.10. The Kier molecular flexibility index (Phi) is 3.24. The highest BCUT2D eigenvalue weighted by Crippen LogP contribution is 2.40. The SMILES string of the molecule is CC1CCC(CN2C(=O)C=CC2=O)(C(=O)O)CC1. The third-order valence-electron chi connectivity index (χ3n) is 4.05. The average Bonchev–Trinajstić information content (AvgIpc) is 2.63. The fourth-order valence-electron chi connectivity index (χ4n) is 2.64. The van der Waals surface area contributed by atoms with Crippen LogP contribution in [0.25, 0.3) is 0 Å². The maximum Gasteiger partial charge on any atom is 0.311 e. The molecule has 0 aromatic rings. The molecule has 18 heavy (non-hydrogen) atoms. The topological polar surface area (TPSA) is 74.7 Å². The maximum atomic E-state index is 11.5. The predicted octanol–water partition coefficient (Wildman–Crippen LogP) is 1.19. The summed E-state index contributed by atoms with van der Waals surface area (Å²) in [7, 11) is 0. The first-order valence-corrected chi connectivity index (χ1v) is 6.21. The van der Waals surface area contributed by atoms with Gasteiger partial charge in [-0.3, -0.25) is 19.3 Å². The number of imide groups is 1. The van der Waals surface area contributed by atoms with E-state index in [2.05, 4.69) is 6.92 Å². The summed E-state index contributed by atoms with van der Waals surface area (Å²) in [5, 5.41) is 9.44. The standard InChI is InChI=1S/C13H17NO4/c1-9-4-6-13(7-5-9,12(17)18)8-14-10(15)2-3-11(14)16/h2-3,9H,4-8H2,1H3,(H,17,18). The minimum atomic E-state index is -0.955. The second-order valence-corrected chi connectivity index (χ2v) is 5.36. The van der Waals surface area contributed by atoms with Crippen molar-refractivity contribution in [3.05, 3.63) is 12.2 Å². The first-order valence-electron chi connectivity index (χ1n) is 6.21. The quantitative estimate of drug-likeness (QED) is 0.765. The zero-order chi connectivity index (χ0) is 13.3. The van der Waals surface area contributed by atoms with E-state index in [1.165, 1.54) is 12.2 Å². The number of carbonyl (C=O) groups excluding carboxylic acids is 2. The second kappa shape index (κ2) is 4.55. The van der Waals surface area contributed by atoms with Gasteiger partial charge in [0.05, 0.1) is 5.41 Å². The Morgan fingerprint density at radius 2 is 1.83 bits per heavy atom. The van der Waals surface area contributed by atoms with Crippen molar-refractivity contribution in [2.45, 2.75) is 32.6 Å². The van der Waals surface area contributed by atoms with Crippen molar-refractivity contribution in [1.29, 1.82) is 0 Å². The number of carboxylic acid groups (broad SMARTS) is 1. The van der Waals surface area contributed by atoms with Gasteiger partial charge in [0.2, 0.25) is 0 Å². The van der Waals surface area contributed by atoms with E-state index in [0.29, 0.717) is 18.8 Å². The molecule has 0 bridgehead atoms. The molecule has 0 atom stereocenters. The molecule has 5 nitrogen and oxygen atoms in total. The van der Waals surface area contributed by atoms with E-state index in [9.17, 15) is 19.5 Å². The van der Waals surface area contributed by atoms with Gasteiger partial charge in [-0.05, 0) is 31.6 Å². The van der Waals surface area contributed by atoms with Crippen molar-refractivity contribution in [3.8, 4) is 0 Å². The van der Waals surface area contributed by atoms with E-state index in [4.69, 9.17) is 0 Å². The highest BCUT2D eigenvalue weighted by Gasteiger charge is 2.44. The van der Waals surface area contributed by atoms with Gasteiger partial charge in [0.15, 0.2) is 0 Å². The molecule has 1 aliphatic heterocycles. The lowest BCUT2D eigenvalue weighted by molar-refractivity contribution is -0.155. The Labute approximate surface area is 105 Å². The van der Waals surface area contributed by atoms with Gasteiger partial charge in [-0.15, -0.1) is 0 Å². The van der Waals surface area contributed by atoms with Crippen molar-refractivity contribution < 1.29 is 19.5 Å². The van der Waals surface area contributed by atoms with Crippen molar-refractivity contribution in [2.24, 2.45) is 11.3 Å². The van der Waals surface area contributed by atoms with E-state index >= 15 is 0 Å². The van der Waals surface area contributed by atoms with Crippen LogP contribution in [0, 0.1) is 11.3 Å². The molecule has 1 saturated carbocycles. The molecule has 0 unspecified atom stereocenters. The van der Waals surface area contributed by atoms with Crippen LogP contribution < -0.4 is 0 Å². The van der Waals surface area contributed by atoms with Crippen LogP contribution >= 0.6 is 0 Å². The fraction of sp³-hybridized carbons (Fsp3) is 0.615. The number of hydrogen-bond acceptors (Lipinski definition) is 3. The van der Waals surface area contributed by atoms with Gasteiger partial charge in [0.25, 0.3) is 11.8 Å². The third-order valence-corrected chi connectivity index (χ3v) is 4.05. The summed E-state index contributed by atoms with van der Waals surface area (Å²) in [4.78, 5) is 35.6. The molecule has 0 aromatic carbocycles. The third kappa shape index (κ3) is 2.17. The Balaban J connectivity index is 2.15. The molecule has 1 aliphatic carbocycles. The molecule has 0 spiro atoms. The highest BCUT2D eigenvalue weighted by atomic mass is 16.4. The lowest BCUT2D eigenvalue weighted by Crippen LogP contribution is -2.47. The monoisotopic (exact) mass is 251 g/mol. The molecular formula is C13H17NO4. The van der Waals surface area contributed by atoms with Gasteiger partial charge in [-0.25, -0.2) is 0 Å². The van der Waals surface area contributed by atoms with Crippen LogP contribution in [0.4, 0.5) is 0 Å². The first-order chi connectivity index (χ1) is 8.44. The Bertz CT molecular complexity index is 401. The van der Waals surface area contributed by atoms with Gasteiger partial charge in [0.1, 0.15) is 0 Å². The lowest BCUT2D eigenvalue weighted by Gasteiger charge is -2.37. The van der Waals surface area contributed by atoms with Crippen molar-refractivity contribution in [3.63, 3.8) is 0 Å². The number of amides is 2. The molecule has 5 heteroatoms. The molecule has 1 fully saturated rings. The first kappa shape index (κ1) is 12.8. The van der Waals surface area contributed by atoms with Crippen molar-refractivity contribution in [2.75, 3.05) is 6.54 Å². The number of aliphatic carboxylic acids is 1. The average molecular weight is 251 g/mol. The molecular weight excluding hydrogens is 234 g/mol. The van der Waals surface area contributed by atoms with E-state index in [1.54, 1.807) is 0 Å². The van der Waals surface area contributed by atoms with Gasteiger partial charge >= 0.3 is 5.97 Å². The number of rotatable bonds is 3. The Morgan fingerprint density at radius 1 is 1.33 bits per heavy atom. The zero-order valence-electron chi connectivity index (χ0n) is 10.4. The van der Waals surface area contributed by atoms with E-state index in [0.717, 1.165) is 17.7 Å². The molecule has 1 N–H and O–H groups in total. The van der Waals surface area contributed by atoms with Gasteiger partial charge < -0.3 is 5.11 Å². The molecule has 2 rings (SSSR count).